The molecule has 0 radical (unpaired) electrons. The SMILES string of the molecule is O=[N+]([O-])c1ccccc1CNc1ccc(F)cc1S(=O)(=O)C(F)(F)F. The number of hydrogen-bond donors (Lipinski definition) is 1. The van der Waals surface area contributed by atoms with E-state index >= 15 is 0 Å². The van der Waals surface area contributed by atoms with E-state index in [0.29, 0.717) is 0 Å². The van der Waals surface area contributed by atoms with Gasteiger partial charge in [-0.05, 0) is 18.2 Å². The molecule has 0 aliphatic carbocycles. The van der Waals surface area contributed by atoms with E-state index in [1.54, 1.807) is 0 Å². The van der Waals surface area contributed by atoms with Gasteiger partial charge in [-0.15, -0.1) is 0 Å². The summed E-state index contributed by atoms with van der Waals surface area (Å²) in [6.45, 7) is -0.330. The summed E-state index contributed by atoms with van der Waals surface area (Å²) in [6.07, 6.45) is 0. The first-order valence-electron chi connectivity index (χ1n) is 6.61. The standard InChI is InChI=1S/C14H10F4N2O4S/c15-10-5-6-11(13(7-10)25(23,24)14(16,17)18)19-8-9-3-1-2-4-12(9)20(21)22/h1-7,19H,8H2. The molecule has 0 aromatic heterocycles. The van der Waals surface area contributed by atoms with Crippen LogP contribution < -0.4 is 5.32 Å². The highest BCUT2D eigenvalue weighted by atomic mass is 32.2. The molecule has 11 heteroatoms. The maximum atomic E-state index is 13.2. The van der Waals surface area contributed by atoms with Gasteiger partial charge in [-0.1, -0.05) is 18.2 Å². The highest BCUT2D eigenvalue weighted by Gasteiger charge is 2.48. The molecule has 0 aliphatic heterocycles. The van der Waals surface area contributed by atoms with E-state index in [9.17, 15) is 36.1 Å². The van der Waals surface area contributed by atoms with Crippen molar-refractivity contribution >= 4 is 21.2 Å². The quantitative estimate of drug-likeness (QED) is 0.487. The average molecular weight is 378 g/mol. The molecule has 0 amide bonds. The Morgan fingerprint density at radius 2 is 1.76 bits per heavy atom. The van der Waals surface area contributed by atoms with E-state index in [1.807, 2.05) is 0 Å². The summed E-state index contributed by atoms with van der Waals surface area (Å²) >= 11 is 0. The van der Waals surface area contributed by atoms with Crippen LogP contribution in [0.3, 0.4) is 0 Å². The predicted molar refractivity (Wildman–Crippen MR) is 80.1 cm³/mol. The van der Waals surface area contributed by atoms with E-state index < -0.39 is 36.7 Å². The predicted octanol–water partition coefficient (Wildman–Crippen LogP) is 3.64. The fourth-order valence-electron chi connectivity index (χ4n) is 2.02. The van der Waals surface area contributed by atoms with Crippen LogP contribution in [0.5, 0.6) is 0 Å². The fraction of sp³-hybridized carbons (Fsp3) is 0.143. The molecule has 0 fully saturated rings. The highest BCUT2D eigenvalue weighted by Crippen LogP contribution is 2.35. The first kappa shape index (κ1) is 18.6. The zero-order valence-electron chi connectivity index (χ0n) is 12.2. The van der Waals surface area contributed by atoms with Gasteiger partial charge in [0.25, 0.3) is 15.5 Å². The van der Waals surface area contributed by atoms with Gasteiger partial charge in [-0.2, -0.15) is 13.2 Å². The zero-order valence-corrected chi connectivity index (χ0v) is 13.1. The molecule has 0 spiro atoms. The third-order valence-corrected chi connectivity index (χ3v) is 4.72. The molecule has 1 N–H and O–H groups in total. The maximum Gasteiger partial charge on any atom is 0.501 e. The van der Waals surface area contributed by atoms with Crippen molar-refractivity contribution in [3.63, 3.8) is 0 Å². The lowest BCUT2D eigenvalue weighted by molar-refractivity contribution is -0.385. The maximum absolute atomic E-state index is 13.2. The zero-order chi connectivity index (χ0) is 18.8. The Balaban J connectivity index is 2.41. The van der Waals surface area contributed by atoms with E-state index in [1.165, 1.54) is 24.3 Å². The minimum atomic E-state index is -5.80. The number of halogens is 4. The molecule has 2 aromatic carbocycles. The number of alkyl halides is 3. The molecule has 0 aliphatic rings. The Bertz CT molecular complexity index is 913. The van der Waals surface area contributed by atoms with E-state index in [0.717, 1.165) is 12.1 Å². The van der Waals surface area contributed by atoms with Crippen LogP contribution in [0, 0.1) is 15.9 Å². The van der Waals surface area contributed by atoms with Crippen LogP contribution in [0.25, 0.3) is 0 Å². The number of anilines is 1. The van der Waals surface area contributed by atoms with Gasteiger partial charge in [-0.25, -0.2) is 12.8 Å². The van der Waals surface area contributed by atoms with Crippen molar-refractivity contribution < 1.29 is 30.9 Å². The van der Waals surface area contributed by atoms with E-state index in [4.69, 9.17) is 0 Å². The minimum Gasteiger partial charge on any atom is -0.380 e. The fourth-order valence-corrected chi connectivity index (χ4v) is 2.96. The Morgan fingerprint density at radius 3 is 2.36 bits per heavy atom. The highest BCUT2D eigenvalue weighted by molar-refractivity contribution is 7.92. The number of nitrogens with zero attached hydrogens (tertiary/aromatic N) is 1. The molecule has 2 rings (SSSR count). The molecule has 0 saturated heterocycles. The van der Waals surface area contributed by atoms with Gasteiger partial charge < -0.3 is 5.32 Å². The number of rotatable bonds is 5. The second-order valence-corrected chi connectivity index (χ2v) is 6.74. The van der Waals surface area contributed by atoms with E-state index in [2.05, 4.69) is 5.32 Å². The minimum absolute atomic E-state index is 0.118. The van der Waals surface area contributed by atoms with Gasteiger partial charge >= 0.3 is 5.51 Å². The van der Waals surface area contributed by atoms with Crippen LogP contribution in [0.2, 0.25) is 0 Å². The Hall–Kier alpha value is -2.69. The third kappa shape index (κ3) is 3.87. The number of para-hydroxylation sites is 1. The first-order valence-corrected chi connectivity index (χ1v) is 8.09. The van der Waals surface area contributed by atoms with Crippen molar-refractivity contribution in [1.29, 1.82) is 0 Å². The second kappa shape index (κ2) is 6.67. The number of nitro benzene ring substituents is 1. The lowest BCUT2D eigenvalue weighted by Crippen LogP contribution is -2.24. The molecular weight excluding hydrogens is 368 g/mol. The van der Waals surface area contributed by atoms with Crippen LogP contribution in [0.15, 0.2) is 47.4 Å². The van der Waals surface area contributed by atoms with Crippen molar-refractivity contribution in [1.82, 2.24) is 0 Å². The molecular formula is C14H10F4N2O4S. The topological polar surface area (TPSA) is 89.3 Å². The molecule has 2 aromatic rings. The molecule has 0 atom stereocenters. The number of nitrogens with one attached hydrogen (secondary N) is 1. The monoisotopic (exact) mass is 378 g/mol. The van der Waals surface area contributed by atoms with Gasteiger partial charge in [-0.3, -0.25) is 10.1 Å². The van der Waals surface area contributed by atoms with Gasteiger partial charge in [0.05, 0.1) is 10.6 Å². The molecule has 0 heterocycles. The normalized spacial score (nSPS) is 12.0. The summed E-state index contributed by atoms with van der Waals surface area (Å²) in [7, 11) is -5.80. The van der Waals surface area contributed by atoms with Gasteiger partial charge in [0.15, 0.2) is 0 Å². The number of nitro groups is 1. The summed E-state index contributed by atoms with van der Waals surface area (Å²) < 4.78 is 74.6. The van der Waals surface area contributed by atoms with Crippen molar-refractivity contribution in [2.75, 3.05) is 5.32 Å². The van der Waals surface area contributed by atoms with Gasteiger partial charge in [0.1, 0.15) is 10.7 Å². The summed E-state index contributed by atoms with van der Waals surface area (Å²) in [5.74, 6) is -1.17. The summed E-state index contributed by atoms with van der Waals surface area (Å²) in [5, 5.41) is 13.3. The number of sulfone groups is 1. The van der Waals surface area contributed by atoms with Crippen LogP contribution in [-0.4, -0.2) is 18.8 Å². The van der Waals surface area contributed by atoms with Gasteiger partial charge in [0, 0.05) is 18.2 Å². The van der Waals surface area contributed by atoms with E-state index in [-0.39, 0.29) is 23.9 Å². The Morgan fingerprint density at radius 1 is 1.12 bits per heavy atom. The molecule has 134 valence electrons. The molecule has 0 unspecified atom stereocenters. The summed E-state index contributed by atoms with van der Waals surface area (Å²) in [6, 6.07) is 7.26. The molecule has 25 heavy (non-hydrogen) atoms. The van der Waals surface area contributed by atoms with Crippen LogP contribution in [0.4, 0.5) is 28.9 Å². The summed E-state index contributed by atoms with van der Waals surface area (Å²) in [4.78, 5) is 8.94. The smallest absolute Gasteiger partial charge is 0.380 e. The Kier molecular flexibility index (Phi) is 4.97. The lowest BCUT2D eigenvalue weighted by Gasteiger charge is -2.14. The van der Waals surface area contributed by atoms with Crippen molar-refractivity contribution in [3.05, 3.63) is 64.0 Å². The van der Waals surface area contributed by atoms with Crippen LogP contribution in [-0.2, 0) is 16.4 Å². The van der Waals surface area contributed by atoms with Crippen molar-refractivity contribution in [3.8, 4) is 0 Å². The summed E-state index contributed by atoms with van der Waals surface area (Å²) in [5.41, 5.74) is -6.31. The van der Waals surface area contributed by atoms with Crippen LogP contribution >= 0.6 is 0 Å². The Labute approximate surface area is 139 Å². The van der Waals surface area contributed by atoms with Crippen LogP contribution in [0.1, 0.15) is 5.56 Å². The molecule has 0 bridgehead atoms. The number of benzene rings is 2. The molecule has 0 saturated carbocycles. The first-order chi connectivity index (χ1) is 11.5. The van der Waals surface area contributed by atoms with Gasteiger partial charge in [0.2, 0.25) is 0 Å². The lowest BCUT2D eigenvalue weighted by atomic mass is 10.2. The largest absolute Gasteiger partial charge is 0.501 e. The van der Waals surface area contributed by atoms with Crippen molar-refractivity contribution in [2.45, 2.75) is 16.9 Å². The van der Waals surface area contributed by atoms with Crippen molar-refractivity contribution in [2.24, 2.45) is 0 Å². The molecule has 6 nitrogen and oxygen atoms in total. The average Bonchev–Trinajstić information content (AvgIpc) is 2.52. The second-order valence-electron chi connectivity index (χ2n) is 4.83. The third-order valence-electron chi connectivity index (χ3n) is 3.20. The number of hydrogen-bond acceptors (Lipinski definition) is 5.